The molecule has 2 aliphatic rings. The van der Waals surface area contributed by atoms with Crippen LogP contribution in [0.25, 0.3) is 0 Å². The molecule has 4 unspecified atom stereocenters. The summed E-state index contributed by atoms with van der Waals surface area (Å²) in [5.41, 5.74) is 0. The van der Waals surface area contributed by atoms with Gasteiger partial charge in [-0.1, -0.05) is 5.92 Å². The fourth-order valence-corrected chi connectivity index (χ4v) is 2.34. The molecule has 2 aliphatic heterocycles. The van der Waals surface area contributed by atoms with E-state index in [1.54, 1.807) is 0 Å². The minimum absolute atomic E-state index is 0.318. The Kier molecular flexibility index (Phi) is 1.63. The number of terminal acetylenes is 1. The standard InChI is InChI=1S/C9H13NO/c1-2-9(11)7-5-6-3-4-8(7)10-6/h1,6-11H,3-5H2. The minimum Gasteiger partial charge on any atom is -0.380 e. The van der Waals surface area contributed by atoms with Gasteiger partial charge in [-0.25, -0.2) is 0 Å². The summed E-state index contributed by atoms with van der Waals surface area (Å²) in [4.78, 5) is 0. The van der Waals surface area contributed by atoms with Crippen LogP contribution in [0.5, 0.6) is 0 Å². The van der Waals surface area contributed by atoms with Crippen LogP contribution >= 0.6 is 0 Å². The van der Waals surface area contributed by atoms with E-state index in [4.69, 9.17) is 6.42 Å². The number of fused-ring (bicyclic) bond motifs is 2. The Morgan fingerprint density at radius 2 is 2.36 bits per heavy atom. The van der Waals surface area contributed by atoms with Crippen molar-refractivity contribution < 1.29 is 5.11 Å². The molecule has 2 nitrogen and oxygen atoms in total. The molecule has 11 heavy (non-hydrogen) atoms. The molecule has 0 saturated carbocycles. The summed E-state index contributed by atoms with van der Waals surface area (Å²) < 4.78 is 0. The highest BCUT2D eigenvalue weighted by Gasteiger charge is 2.41. The first-order chi connectivity index (χ1) is 5.31. The van der Waals surface area contributed by atoms with E-state index in [1.807, 2.05) is 0 Å². The Bertz CT molecular complexity index is 196. The quantitative estimate of drug-likeness (QED) is 0.522. The number of aliphatic hydroxyl groups excluding tert-OH is 1. The predicted octanol–water partition coefficient (Wildman–Crippen LogP) is 0.121. The molecule has 2 heterocycles. The largest absolute Gasteiger partial charge is 0.380 e. The normalized spacial score (nSPS) is 43.8. The summed E-state index contributed by atoms with van der Waals surface area (Å²) in [5.74, 6) is 2.73. The molecular weight excluding hydrogens is 138 g/mol. The highest BCUT2D eigenvalue weighted by Crippen LogP contribution is 2.34. The maximum atomic E-state index is 9.40. The Morgan fingerprint density at radius 3 is 2.82 bits per heavy atom. The second-order valence-electron chi connectivity index (χ2n) is 3.56. The van der Waals surface area contributed by atoms with Crippen LogP contribution in [0.4, 0.5) is 0 Å². The van der Waals surface area contributed by atoms with Crippen LogP contribution < -0.4 is 5.32 Å². The van der Waals surface area contributed by atoms with Gasteiger partial charge in [0.15, 0.2) is 0 Å². The molecule has 2 fully saturated rings. The molecule has 0 amide bonds. The summed E-state index contributed by atoms with van der Waals surface area (Å²) in [6, 6.07) is 1.12. The fourth-order valence-electron chi connectivity index (χ4n) is 2.34. The van der Waals surface area contributed by atoms with Crippen molar-refractivity contribution in [1.29, 1.82) is 0 Å². The van der Waals surface area contributed by atoms with E-state index < -0.39 is 6.10 Å². The molecule has 2 rings (SSSR count). The molecule has 0 aromatic carbocycles. The van der Waals surface area contributed by atoms with Gasteiger partial charge in [0.1, 0.15) is 6.10 Å². The molecule has 4 atom stereocenters. The maximum absolute atomic E-state index is 9.40. The Labute approximate surface area is 67.0 Å². The van der Waals surface area contributed by atoms with Crippen molar-refractivity contribution in [2.24, 2.45) is 5.92 Å². The van der Waals surface area contributed by atoms with E-state index in [0.717, 1.165) is 6.42 Å². The molecule has 0 aromatic rings. The minimum atomic E-state index is -0.530. The average Bonchev–Trinajstić information content (AvgIpc) is 2.62. The molecule has 0 aromatic heterocycles. The third-order valence-electron chi connectivity index (χ3n) is 2.93. The first-order valence-corrected chi connectivity index (χ1v) is 4.21. The van der Waals surface area contributed by atoms with Crippen molar-refractivity contribution >= 4 is 0 Å². The molecule has 2 N–H and O–H groups in total. The van der Waals surface area contributed by atoms with Gasteiger partial charge in [0.25, 0.3) is 0 Å². The highest BCUT2D eigenvalue weighted by molar-refractivity contribution is 5.07. The van der Waals surface area contributed by atoms with E-state index in [0.29, 0.717) is 18.0 Å². The predicted molar refractivity (Wildman–Crippen MR) is 42.9 cm³/mol. The van der Waals surface area contributed by atoms with Crippen molar-refractivity contribution in [2.75, 3.05) is 0 Å². The van der Waals surface area contributed by atoms with Crippen molar-refractivity contribution in [2.45, 2.75) is 37.5 Å². The van der Waals surface area contributed by atoms with Gasteiger partial charge >= 0.3 is 0 Å². The van der Waals surface area contributed by atoms with Crippen LogP contribution in [0.3, 0.4) is 0 Å². The summed E-state index contributed by atoms with van der Waals surface area (Å²) >= 11 is 0. The second kappa shape index (κ2) is 2.51. The maximum Gasteiger partial charge on any atom is 0.118 e. The van der Waals surface area contributed by atoms with Crippen LogP contribution in [0.2, 0.25) is 0 Å². The molecule has 2 heteroatoms. The number of hydrogen-bond acceptors (Lipinski definition) is 2. The number of nitrogens with one attached hydrogen (secondary N) is 1. The number of hydrogen-bond donors (Lipinski definition) is 2. The number of rotatable bonds is 1. The zero-order valence-corrected chi connectivity index (χ0v) is 6.46. The van der Waals surface area contributed by atoms with Gasteiger partial charge in [-0.3, -0.25) is 0 Å². The van der Waals surface area contributed by atoms with Gasteiger partial charge in [-0.05, 0) is 19.3 Å². The molecule has 2 saturated heterocycles. The lowest BCUT2D eigenvalue weighted by atomic mass is 9.85. The van der Waals surface area contributed by atoms with Crippen LogP contribution in [0.1, 0.15) is 19.3 Å². The molecule has 0 spiro atoms. The van der Waals surface area contributed by atoms with E-state index >= 15 is 0 Å². The fraction of sp³-hybridized carbons (Fsp3) is 0.778. The summed E-state index contributed by atoms with van der Waals surface area (Å²) in [6.45, 7) is 0. The van der Waals surface area contributed by atoms with Crippen LogP contribution in [-0.4, -0.2) is 23.3 Å². The van der Waals surface area contributed by atoms with Gasteiger partial charge < -0.3 is 10.4 Å². The van der Waals surface area contributed by atoms with Gasteiger partial charge in [0.2, 0.25) is 0 Å². The van der Waals surface area contributed by atoms with Crippen molar-refractivity contribution in [1.82, 2.24) is 5.32 Å². The lowest BCUT2D eigenvalue weighted by Crippen LogP contribution is -2.30. The summed E-state index contributed by atoms with van der Waals surface area (Å²) in [6.07, 6.45) is 8.14. The molecule has 60 valence electrons. The van der Waals surface area contributed by atoms with E-state index in [2.05, 4.69) is 11.2 Å². The van der Waals surface area contributed by atoms with E-state index in [-0.39, 0.29) is 0 Å². The third kappa shape index (κ3) is 1.05. The lowest BCUT2D eigenvalue weighted by molar-refractivity contribution is 0.143. The lowest BCUT2D eigenvalue weighted by Gasteiger charge is -2.21. The summed E-state index contributed by atoms with van der Waals surface area (Å²) in [7, 11) is 0. The summed E-state index contributed by atoms with van der Waals surface area (Å²) in [5, 5.41) is 12.8. The zero-order valence-electron chi connectivity index (χ0n) is 6.46. The van der Waals surface area contributed by atoms with Crippen molar-refractivity contribution in [3.8, 4) is 12.3 Å². The van der Waals surface area contributed by atoms with Crippen LogP contribution in [0.15, 0.2) is 0 Å². The van der Waals surface area contributed by atoms with Crippen molar-refractivity contribution in [3.05, 3.63) is 0 Å². The molecular formula is C9H13NO. The van der Waals surface area contributed by atoms with E-state index in [1.165, 1.54) is 12.8 Å². The number of aliphatic hydroxyl groups is 1. The topological polar surface area (TPSA) is 32.3 Å². The van der Waals surface area contributed by atoms with Gasteiger partial charge in [0.05, 0.1) is 0 Å². The molecule has 0 aliphatic carbocycles. The first kappa shape index (κ1) is 7.15. The van der Waals surface area contributed by atoms with Gasteiger partial charge in [0, 0.05) is 18.0 Å². The third-order valence-corrected chi connectivity index (χ3v) is 2.93. The van der Waals surface area contributed by atoms with Gasteiger partial charge in [-0.2, -0.15) is 0 Å². The second-order valence-corrected chi connectivity index (χ2v) is 3.56. The smallest absolute Gasteiger partial charge is 0.118 e. The Hall–Kier alpha value is -0.520. The average molecular weight is 151 g/mol. The first-order valence-electron chi connectivity index (χ1n) is 4.21. The Morgan fingerprint density at radius 1 is 1.55 bits per heavy atom. The monoisotopic (exact) mass is 151 g/mol. The van der Waals surface area contributed by atoms with Crippen LogP contribution in [0, 0.1) is 18.3 Å². The molecule has 2 bridgehead atoms. The van der Waals surface area contributed by atoms with E-state index in [9.17, 15) is 5.11 Å². The van der Waals surface area contributed by atoms with Crippen molar-refractivity contribution in [3.63, 3.8) is 0 Å². The zero-order chi connectivity index (χ0) is 7.84. The Balaban J connectivity index is 2.03. The molecule has 0 radical (unpaired) electrons. The SMILES string of the molecule is C#CC(O)C1CC2CCC1N2. The van der Waals surface area contributed by atoms with Gasteiger partial charge in [-0.15, -0.1) is 6.42 Å². The van der Waals surface area contributed by atoms with Crippen LogP contribution in [-0.2, 0) is 0 Å². The highest BCUT2D eigenvalue weighted by atomic mass is 16.3.